The van der Waals surface area contributed by atoms with E-state index in [1.165, 1.54) is 11.8 Å². The average Bonchev–Trinajstić information content (AvgIpc) is 3.44. The fraction of sp³-hybridized carbons (Fsp3) is 0.400. The number of nitrogens with one attached hydrogen (secondary N) is 2. The molecule has 156 valence electrons. The average molecular weight is 536 g/mol. The monoisotopic (exact) mass is 536 g/mol. The number of hydrogen-bond donors (Lipinski definition) is 3. The number of nitrogens with two attached hydrogens (primary N) is 1. The van der Waals surface area contributed by atoms with Crippen molar-refractivity contribution in [2.75, 3.05) is 18.5 Å². The molecule has 10 heteroatoms. The number of amides is 1. The van der Waals surface area contributed by atoms with Gasteiger partial charge in [-0.2, -0.15) is 0 Å². The molecule has 1 amide bonds. The van der Waals surface area contributed by atoms with E-state index in [-0.39, 0.29) is 17.6 Å². The summed E-state index contributed by atoms with van der Waals surface area (Å²) < 4.78 is 3.13. The first-order chi connectivity index (χ1) is 14.5. The molecular weight excluding hydrogens is 515 g/mol. The molecule has 0 saturated heterocycles. The van der Waals surface area contributed by atoms with Crippen molar-refractivity contribution >= 4 is 57.7 Å². The third-order valence-electron chi connectivity index (χ3n) is 5.53. The van der Waals surface area contributed by atoms with Crippen molar-refractivity contribution in [3.63, 3.8) is 0 Å². The quantitative estimate of drug-likeness (QED) is 0.489. The first-order valence-corrected chi connectivity index (χ1v) is 11.9. The van der Waals surface area contributed by atoms with Gasteiger partial charge in [-0.15, -0.1) is 0 Å². The molecule has 1 saturated carbocycles. The Labute approximate surface area is 191 Å². The van der Waals surface area contributed by atoms with Crippen molar-refractivity contribution in [3.05, 3.63) is 32.5 Å². The van der Waals surface area contributed by atoms with Gasteiger partial charge in [-0.05, 0) is 59.5 Å². The Morgan fingerprint density at radius 3 is 3.00 bits per heavy atom. The normalized spacial score (nSPS) is 17.2. The summed E-state index contributed by atoms with van der Waals surface area (Å²) in [6.45, 7) is 1.49. The molecule has 1 aromatic carbocycles. The minimum absolute atomic E-state index is 0.124. The Kier molecular flexibility index (Phi) is 5.21. The molecule has 2 heterocycles. The third kappa shape index (κ3) is 3.70. The van der Waals surface area contributed by atoms with Crippen molar-refractivity contribution in [2.24, 2.45) is 16.6 Å². The highest BCUT2D eigenvalue weighted by Gasteiger charge is 2.30. The fourth-order valence-corrected chi connectivity index (χ4v) is 5.57. The number of nitrogens with zero attached hydrogens (tertiary/aromatic N) is 3. The van der Waals surface area contributed by atoms with Crippen LogP contribution in [0.1, 0.15) is 40.9 Å². The van der Waals surface area contributed by atoms with E-state index in [2.05, 4.69) is 44.3 Å². The maximum absolute atomic E-state index is 12.2. The van der Waals surface area contributed by atoms with Crippen molar-refractivity contribution in [1.82, 2.24) is 14.9 Å². The van der Waals surface area contributed by atoms with Gasteiger partial charge in [0, 0.05) is 39.5 Å². The molecule has 0 spiro atoms. The van der Waals surface area contributed by atoms with E-state index in [0.29, 0.717) is 37.7 Å². The topological polar surface area (TPSA) is 114 Å². The highest BCUT2D eigenvalue weighted by Crippen LogP contribution is 2.37. The standard InChI is InChI=1S/C20H21IN6O2S/c21-13-7-11-3-4-14(28)12(11)8-15(13)30-20-26-16-17(22)24-9-25-18(16)27(20)6-5-23-19(29)10-1-2-10/h7-8,10,25H,1-6,9H2,(H2,22,24)(H,23,29). The molecule has 30 heavy (non-hydrogen) atoms. The molecule has 4 N–H and O–H groups in total. The number of amidine groups is 1. The molecule has 8 nitrogen and oxygen atoms in total. The van der Waals surface area contributed by atoms with Crippen LogP contribution in [0.5, 0.6) is 0 Å². The zero-order valence-electron chi connectivity index (χ0n) is 16.2. The lowest BCUT2D eigenvalue weighted by Gasteiger charge is -2.16. The number of Topliss-reactive ketones (excluding diaryl/α,β-unsaturated/α-hetero) is 1. The number of fused-ring (bicyclic) bond motifs is 2. The van der Waals surface area contributed by atoms with Gasteiger partial charge in [0.1, 0.15) is 24.0 Å². The number of halogens is 1. The van der Waals surface area contributed by atoms with Crippen LogP contribution in [0, 0.1) is 9.49 Å². The third-order valence-corrected chi connectivity index (χ3v) is 7.85. The van der Waals surface area contributed by atoms with E-state index < -0.39 is 0 Å². The predicted octanol–water partition coefficient (Wildman–Crippen LogP) is 2.38. The van der Waals surface area contributed by atoms with Gasteiger partial charge < -0.3 is 20.9 Å². The number of ketones is 1. The number of aliphatic imine (C=N–C) groups is 1. The lowest BCUT2D eigenvalue weighted by molar-refractivity contribution is -0.122. The van der Waals surface area contributed by atoms with Gasteiger partial charge in [0.15, 0.2) is 10.9 Å². The Morgan fingerprint density at radius 2 is 2.20 bits per heavy atom. The lowest BCUT2D eigenvalue weighted by Crippen LogP contribution is -2.29. The van der Waals surface area contributed by atoms with E-state index in [4.69, 9.17) is 10.7 Å². The van der Waals surface area contributed by atoms with Gasteiger partial charge in [0.05, 0.1) is 0 Å². The summed E-state index contributed by atoms with van der Waals surface area (Å²) >= 11 is 3.82. The molecular formula is C20H21IN6O2S. The molecule has 1 aromatic heterocycles. The molecule has 2 aromatic rings. The SMILES string of the molecule is NC1=NCNc2c1nc(Sc1cc3c(cc1I)CCC3=O)n2CCNC(=O)C1CC1. The number of benzene rings is 1. The first-order valence-electron chi connectivity index (χ1n) is 9.97. The summed E-state index contributed by atoms with van der Waals surface area (Å²) in [5, 5.41) is 7.03. The second-order valence-electron chi connectivity index (χ2n) is 7.65. The summed E-state index contributed by atoms with van der Waals surface area (Å²) in [6, 6.07) is 4.08. The summed E-state index contributed by atoms with van der Waals surface area (Å²) in [4.78, 5) is 34.2. The second-order valence-corrected chi connectivity index (χ2v) is 9.82. The summed E-state index contributed by atoms with van der Waals surface area (Å²) in [5.74, 6) is 1.73. The Balaban J connectivity index is 1.44. The van der Waals surface area contributed by atoms with Crippen LogP contribution in [-0.4, -0.2) is 40.3 Å². The van der Waals surface area contributed by atoms with Crippen molar-refractivity contribution in [1.29, 1.82) is 0 Å². The van der Waals surface area contributed by atoms with Crippen LogP contribution in [0.4, 0.5) is 5.82 Å². The molecule has 0 radical (unpaired) electrons. The number of hydrogen-bond acceptors (Lipinski definition) is 7. The maximum Gasteiger partial charge on any atom is 0.223 e. The molecule has 1 aliphatic heterocycles. The highest BCUT2D eigenvalue weighted by molar-refractivity contribution is 14.1. The van der Waals surface area contributed by atoms with Crippen LogP contribution < -0.4 is 16.4 Å². The van der Waals surface area contributed by atoms with Crippen molar-refractivity contribution in [3.8, 4) is 0 Å². The van der Waals surface area contributed by atoms with Crippen LogP contribution in [0.3, 0.4) is 0 Å². The lowest BCUT2D eigenvalue weighted by atomic mass is 10.1. The second kappa shape index (κ2) is 7.88. The molecule has 0 unspecified atom stereocenters. The molecule has 5 rings (SSSR count). The number of aromatic nitrogens is 2. The highest BCUT2D eigenvalue weighted by atomic mass is 127. The number of carbonyl (C=O) groups is 2. The van der Waals surface area contributed by atoms with Gasteiger partial charge >= 0.3 is 0 Å². The molecule has 2 aliphatic carbocycles. The zero-order chi connectivity index (χ0) is 20.8. The Hall–Kier alpha value is -2.08. The van der Waals surface area contributed by atoms with Crippen LogP contribution >= 0.6 is 34.4 Å². The van der Waals surface area contributed by atoms with E-state index in [1.54, 1.807) is 0 Å². The maximum atomic E-state index is 12.2. The number of carbonyl (C=O) groups excluding carboxylic acids is 2. The van der Waals surface area contributed by atoms with Gasteiger partial charge in [-0.3, -0.25) is 9.59 Å². The summed E-state index contributed by atoms with van der Waals surface area (Å²) in [5.41, 5.74) is 8.65. The largest absolute Gasteiger partial charge is 0.382 e. The predicted molar refractivity (Wildman–Crippen MR) is 123 cm³/mol. The zero-order valence-corrected chi connectivity index (χ0v) is 19.2. The summed E-state index contributed by atoms with van der Waals surface area (Å²) in [7, 11) is 0. The Morgan fingerprint density at radius 1 is 1.37 bits per heavy atom. The summed E-state index contributed by atoms with van der Waals surface area (Å²) in [6.07, 6.45) is 3.37. The van der Waals surface area contributed by atoms with Crippen LogP contribution in [0.25, 0.3) is 0 Å². The number of aryl methyl sites for hydroxylation is 1. The Bertz CT molecular complexity index is 1090. The van der Waals surface area contributed by atoms with Crippen LogP contribution in [0.2, 0.25) is 0 Å². The minimum atomic E-state index is 0.124. The van der Waals surface area contributed by atoms with Gasteiger partial charge in [-0.25, -0.2) is 9.98 Å². The van der Waals surface area contributed by atoms with Gasteiger partial charge in [-0.1, -0.05) is 11.8 Å². The van der Waals surface area contributed by atoms with Gasteiger partial charge in [0.2, 0.25) is 5.91 Å². The van der Waals surface area contributed by atoms with E-state index in [1.807, 2.05) is 10.6 Å². The van der Waals surface area contributed by atoms with Crippen LogP contribution in [0.15, 0.2) is 27.2 Å². The van der Waals surface area contributed by atoms with E-state index >= 15 is 0 Å². The first kappa shape index (κ1) is 19.9. The smallest absolute Gasteiger partial charge is 0.223 e. The molecule has 3 aliphatic rings. The fourth-order valence-electron chi connectivity index (χ4n) is 3.75. The van der Waals surface area contributed by atoms with Crippen molar-refractivity contribution < 1.29 is 9.59 Å². The van der Waals surface area contributed by atoms with E-state index in [9.17, 15) is 9.59 Å². The van der Waals surface area contributed by atoms with Crippen LogP contribution in [-0.2, 0) is 17.8 Å². The minimum Gasteiger partial charge on any atom is -0.382 e. The number of imidazole rings is 1. The van der Waals surface area contributed by atoms with Crippen molar-refractivity contribution in [2.45, 2.75) is 42.3 Å². The number of anilines is 1. The molecule has 1 fully saturated rings. The molecule has 0 bridgehead atoms. The number of rotatable bonds is 6. The van der Waals surface area contributed by atoms with E-state index in [0.717, 1.165) is 49.8 Å². The van der Waals surface area contributed by atoms with Gasteiger partial charge in [0.25, 0.3) is 0 Å². The molecule has 0 atom stereocenters.